The van der Waals surface area contributed by atoms with E-state index in [4.69, 9.17) is 4.74 Å². The van der Waals surface area contributed by atoms with Gasteiger partial charge in [-0.3, -0.25) is 9.89 Å². The second-order valence-electron chi connectivity index (χ2n) is 4.89. The number of nitrogens with zero attached hydrogens (tertiary/aromatic N) is 2. The Morgan fingerprint density at radius 3 is 2.81 bits per heavy atom. The van der Waals surface area contributed by atoms with E-state index >= 15 is 0 Å². The molecule has 1 atom stereocenters. The van der Waals surface area contributed by atoms with Gasteiger partial charge in [-0.1, -0.05) is 0 Å². The zero-order chi connectivity index (χ0) is 14.7. The molecule has 2 heterocycles. The first-order valence-electron chi connectivity index (χ1n) is 6.84. The molecule has 21 heavy (non-hydrogen) atoms. The molecule has 7 nitrogen and oxygen atoms in total. The Hall–Kier alpha value is -2.25. The number of carbonyl (C=O) groups is 1. The molecule has 1 aliphatic rings. The molecule has 1 amide bonds. The third kappa shape index (κ3) is 3.26. The van der Waals surface area contributed by atoms with E-state index in [1.54, 1.807) is 0 Å². The Morgan fingerprint density at radius 1 is 1.38 bits per heavy atom. The maximum atomic E-state index is 12.0. The van der Waals surface area contributed by atoms with Crippen molar-refractivity contribution in [2.45, 2.75) is 13.0 Å². The molecule has 0 bridgehead atoms. The van der Waals surface area contributed by atoms with Crippen molar-refractivity contribution in [3.05, 3.63) is 30.1 Å². The monoisotopic (exact) mass is 287 g/mol. The molecule has 0 aliphatic carbocycles. The van der Waals surface area contributed by atoms with E-state index in [2.05, 4.69) is 25.8 Å². The van der Waals surface area contributed by atoms with Gasteiger partial charge in [-0.25, -0.2) is 4.98 Å². The number of H-pyrrole nitrogens is 1. The van der Waals surface area contributed by atoms with E-state index in [9.17, 15) is 4.79 Å². The van der Waals surface area contributed by atoms with E-state index < -0.39 is 0 Å². The number of anilines is 1. The van der Waals surface area contributed by atoms with Crippen molar-refractivity contribution in [3.63, 3.8) is 0 Å². The molecule has 1 aliphatic heterocycles. The lowest BCUT2D eigenvalue weighted by Crippen LogP contribution is -2.48. The van der Waals surface area contributed by atoms with Crippen molar-refractivity contribution in [1.29, 1.82) is 0 Å². The Labute approximate surface area is 122 Å². The van der Waals surface area contributed by atoms with Crippen molar-refractivity contribution in [2.24, 2.45) is 0 Å². The van der Waals surface area contributed by atoms with Crippen LogP contribution in [0.25, 0.3) is 11.4 Å². The van der Waals surface area contributed by atoms with Crippen molar-refractivity contribution >= 4 is 11.6 Å². The average molecular weight is 287 g/mol. The number of morpholine rings is 1. The van der Waals surface area contributed by atoms with Crippen LogP contribution in [0.4, 0.5) is 5.69 Å². The van der Waals surface area contributed by atoms with Crippen LogP contribution < -0.4 is 10.6 Å². The van der Waals surface area contributed by atoms with Crippen LogP contribution in [-0.4, -0.2) is 46.9 Å². The van der Waals surface area contributed by atoms with Crippen molar-refractivity contribution in [2.75, 3.05) is 25.1 Å². The van der Waals surface area contributed by atoms with Gasteiger partial charge in [0.2, 0.25) is 5.91 Å². The summed E-state index contributed by atoms with van der Waals surface area (Å²) in [4.78, 5) is 16.3. The minimum atomic E-state index is -0.297. The number of ether oxygens (including phenoxy) is 1. The Bertz CT molecular complexity index is 617. The summed E-state index contributed by atoms with van der Waals surface area (Å²) in [5.41, 5.74) is 1.64. The van der Waals surface area contributed by atoms with Crippen molar-refractivity contribution in [3.8, 4) is 11.4 Å². The van der Waals surface area contributed by atoms with Gasteiger partial charge in [-0.15, -0.1) is 0 Å². The number of amides is 1. The molecule has 110 valence electrons. The predicted octanol–water partition coefficient (Wildman–Crippen LogP) is 0.707. The number of hydrogen-bond acceptors (Lipinski definition) is 5. The summed E-state index contributed by atoms with van der Waals surface area (Å²) in [5.74, 6) is 1.33. The highest BCUT2D eigenvalue weighted by molar-refractivity contribution is 5.95. The average Bonchev–Trinajstić information content (AvgIpc) is 2.95. The summed E-state index contributed by atoms with van der Waals surface area (Å²) >= 11 is 0. The number of hydrogen-bond donors (Lipinski definition) is 3. The van der Waals surface area contributed by atoms with Crippen LogP contribution in [0.5, 0.6) is 0 Å². The standard InChI is InChI=1S/C14H17N5O2/c1-9-16-13(19-18-9)10-2-4-11(5-3-10)17-14(20)12-8-21-7-6-15-12/h2-5,12,15H,6-8H2,1H3,(H,17,20)(H,16,18,19). The summed E-state index contributed by atoms with van der Waals surface area (Å²) < 4.78 is 5.28. The lowest BCUT2D eigenvalue weighted by molar-refractivity contribution is -0.120. The number of aromatic amines is 1. The van der Waals surface area contributed by atoms with E-state index in [1.165, 1.54) is 0 Å². The largest absolute Gasteiger partial charge is 0.378 e. The summed E-state index contributed by atoms with van der Waals surface area (Å²) in [5, 5.41) is 12.9. The highest BCUT2D eigenvalue weighted by Gasteiger charge is 2.21. The van der Waals surface area contributed by atoms with Crippen molar-refractivity contribution in [1.82, 2.24) is 20.5 Å². The minimum Gasteiger partial charge on any atom is -0.378 e. The van der Waals surface area contributed by atoms with Crippen LogP contribution >= 0.6 is 0 Å². The Balaban J connectivity index is 1.65. The third-order valence-corrected chi connectivity index (χ3v) is 3.25. The van der Waals surface area contributed by atoms with Gasteiger partial charge >= 0.3 is 0 Å². The molecule has 0 spiro atoms. The van der Waals surface area contributed by atoms with Gasteiger partial charge in [0.1, 0.15) is 11.9 Å². The number of carbonyl (C=O) groups excluding carboxylic acids is 1. The summed E-state index contributed by atoms with van der Waals surface area (Å²) in [6.07, 6.45) is 0. The first-order chi connectivity index (χ1) is 10.2. The van der Waals surface area contributed by atoms with Gasteiger partial charge in [-0.05, 0) is 31.2 Å². The summed E-state index contributed by atoms with van der Waals surface area (Å²) in [6, 6.07) is 7.13. The molecule has 1 aromatic heterocycles. The number of benzene rings is 1. The van der Waals surface area contributed by atoms with Crippen LogP contribution in [0.2, 0.25) is 0 Å². The van der Waals surface area contributed by atoms with E-state index in [0.29, 0.717) is 25.6 Å². The van der Waals surface area contributed by atoms with Crippen LogP contribution in [0.3, 0.4) is 0 Å². The quantitative estimate of drug-likeness (QED) is 0.773. The number of nitrogens with one attached hydrogen (secondary N) is 3. The molecule has 3 rings (SSSR count). The number of aromatic nitrogens is 3. The summed E-state index contributed by atoms with van der Waals surface area (Å²) in [7, 11) is 0. The highest BCUT2D eigenvalue weighted by Crippen LogP contribution is 2.18. The van der Waals surface area contributed by atoms with Gasteiger partial charge in [-0.2, -0.15) is 5.10 Å². The second kappa shape index (κ2) is 6.02. The van der Waals surface area contributed by atoms with E-state index in [-0.39, 0.29) is 11.9 Å². The lowest BCUT2D eigenvalue weighted by Gasteiger charge is -2.22. The Kier molecular flexibility index (Phi) is 3.94. The van der Waals surface area contributed by atoms with E-state index in [1.807, 2.05) is 31.2 Å². The molecule has 1 aromatic carbocycles. The maximum Gasteiger partial charge on any atom is 0.243 e. The highest BCUT2D eigenvalue weighted by atomic mass is 16.5. The topological polar surface area (TPSA) is 91.9 Å². The summed E-state index contributed by atoms with van der Waals surface area (Å²) in [6.45, 7) is 3.60. The molecule has 2 aromatic rings. The normalized spacial score (nSPS) is 18.4. The van der Waals surface area contributed by atoms with Gasteiger partial charge < -0.3 is 15.4 Å². The number of aryl methyl sites for hydroxylation is 1. The smallest absolute Gasteiger partial charge is 0.243 e. The first-order valence-corrected chi connectivity index (χ1v) is 6.84. The first kappa shape index (κ1) is 13.7. The van der Waals surface area contributed by atoms with Crippen LogP contribution in [-0.2, 0) is 9.53 Å². The minimum absolute atomic E-state index is 0.0869. The molecule has 1 unspecified atom stereocenters. The fourth-order valence-corrected chi connectivity index (χ4v) is 2.14. The molecule has 1 saturated heterocycles. The predicted molar refractivity (Wildman–Crippen MR) is 77.8 cm³/mol. The van der Waals surface area contributed by atoms with Gasteiger partial charge in [0.15, 0.2) is 5.82 Å². The Morgan fingerprint density at radius 2 is 2.19 bits per heavy atom. The van der Waals surface area contributed by atoms with Gasteiger partial charge in [0, 0.05) is 17.8 Å². The second-order valence-corrected chi connectivity index (χ2v) is 4.89. The van der Waals surface area contributed by atoms with E-state index in [0.717, 1.165) is 17.1 Å². The molecule has 0 saturated carbocycles. The number of rotatable bonds is 3. The molecule has 7 heteroatoms. The fraction of sp³-hybridized carbons (Fsp3) is 0.357. The van der Waals surface area contributed by atoms with Crippen molar-refractivity contribution < 1.29 is 9.53 Å². The molecule has 1 fully saturated rings. The molecular weight excluding hydrogens is 270 g/mol. The zero-order valence-corrected chi connectivity index (χ0v) is 11.7. The SMILES string of the molecule is Cc1nc(-c2ccc(NC(=O)C3COCCN3)cc2)n[nH]1. The fourth-order valence-electron chi connectivity index (χ4n) is 2.14. The zero-order valence-electron chi connectivity index (χ0n) is 11.7. The van der Waals surface area contributed by atoms with Crippen LogP contribution in [0, 0.1) is 6.92 Å². The maximum absolute atomic E-state index is 12.0. The van der Waals surface area contributed by atoms with Crippen LogP contribution in [0.1, 0.15) is 5.82 Å². The van der Waals surface area contributed by atoms with Gasteiger partial charge in [0.25, 0.3) is 0 Å². The third-order valence-electron chi connectivity index (χ3n) is 3.25. The molecule has 3 N–H and O–H groups in total. The molecular formula is C14H17N5O2. The van der Waals surface area contributed by atoms with Crippen LogP contribution in [0.15, 0.2) is 24.3 Å². The van der Waals surface area contributed by atoms with Gasteiger partial charge in [0.05, 0.1) is 13.2 Å². The lowest BCUT2D eigenvalue weighted by atomic mass is 10.2. The molecule has 0 radical (unpaired) electrons.